The van der Waals surface area contributed by atoms with Crippen molar-refractivity contribution in [1.29, 1.82) is 0 Å². The molecular formula is C31H40N2O2. The van der Waals surface area contributed by atoms with Crippen molar-refractivity contribution < 1.29 is 9.90 Å². The maximum Gasteiger partial charge on any atom is 0.221 e. The summed E-state index contributed by atoms with van der Waals surface area (Å²) in [4.78, 5) is 13.3. The molecule has 2 N–H and O–H groups in total. The lowest BCUT2D eigenvalue weighted by molar-refractivity contribution is -0.122. The number of hydrogen-bond acceptors (Lipinski definition) is 2. The molecule has 1 atom stereocenters. The molecule has 2 aromatic carbocycles. The Morgan fingerprint density at radius 3 is 2.54 bits per heavy atom. The highest BCUT2D eigenvalue weighted by Gasteiger charge is 2.26. The van der Waals surface area contributed by atoms with Gasteiger partial charge in [-0.1, -0.05) is 67.3 Å². The average Bonchev–Trinajstić information content (AvgIpc) is 3.23. The maximum atomic E-state index is 13.3. The summed E-state index contributed by atoms with van der Waals surface area (Å²) in [5, 5.41) is 14.4. The van der Waals surface area contributed by atoms with E-state index in [0.717, 1.165) is 38.1 Å². The van der Waals surface area contributed by atoms with E-state index in [1.807, 2.05) is 0 Å². The van der Waals surface area contributed by atoms with Gasteiger partial charge in [0.05, 0.1) is 6.10 Å². The van der Waals surface area contributed by atoms with E-state index in [9.17, 15) is 9.90 Å². The zero-order valence-corrected chi connectivity index (χ0v) is 21.1. The number of aromatic nitrogens is 1. The van der Waals surface area contributed by atoms with Gasteiger partial charge in [0.25, 0.3) is 0 Å². The first-order chi connectivity index (χ1) is 17.1. The fourth-order valence-electron chi connectivity index (χ4n) is 6.34. The van der Waals surface area contributed by atoms with Gasteiger partial charge in [0.15, 0.2) is 0 Å². The number of amides is 1. The van der Waals surface area contributed by atoms with Crippen LogP contribution in [0.2, 0.25) is 0 Å². The van der Waals surface area contributed by atoms with Crippen molar-refractivity contribution in [3.63, 3.8) is 0 Å². The Morgan fingerprint density at radius 1 is 1.00 bits per heavy atom. The third kappa shape index (κ3) is 5.81. The second-order valence-electron chi connectivity index (χ2n) is 11.0. The van der Waals surface area contributed by atoms with Gasteiger partial charge in [0.2, 0.25) is 5.91 Å². The molecule has 1 aromatic heterocycles. The Kier molecular flexibility index (Phi) is 7.57. The number of nitrogens with zero attached hydrogens (tertiary/aromatic N) is 1. The number of benzene rings is 2. The SMILES string of the molecule is Cc1cccc(C(CC(=O)N[C@H]2CC[C@H](O)CC2)c2cn(CC3CCCCC3)c3ccccc23)c1. The predicted molar refractivity (Wildman–Crippen MR) is 143 cm³/mol. The molecule has 186 valence electrons. The van der Waals surface area contributed by atoms with Crippen LogP contribution in [0, 0.1) is 12.8 Å². The lowest BCUT2D eigenvalue weighted by Crippen LogP contribution is -2.39. The highest BCUT2D eigenvalue weighted by Crippen LogP contribution is 2.36. The summed E-state index contributed by atoms with van der Waals surface area (Å²) in [7, 11) is 0. The van der Waals surface area contributed by atoms with Crippen LogP contribution < -0.4 is 5.32 Å². The van der Waals surface area contributed by atoms with Gasteiger partial charge >= 0.3 is 0 Å². The van der Waals surface area contributed by atoms with Crippen LogP contribution >= 0.6 is 0 Å². The van der Waals surface area contributed by atoms with Crippen LogP contribution in [0.3, 0.4) is 0 Å². The van der Waals surface area contributed by atoms with Crippen molar-refractivity contribution in [2.24, 2.45) is 5.92 Å². The minimum atomic E-state index is -0.210. The van der Waals surface area contributed by atoms with E-state index in [0.29, 0.717) is 6.42 Å². The maximum absolute atomic E-state index is 13.3. The van der Waals surface area contributed by atoms with Gasteiger partial charge in [-0.15, -0.1) is 0 Å². The molecule has 4 nitrogen and oxygen atoms in total. The third-order valence-electron chi connectivity index (χ3n) is 8.27. The predicted octanol–water partition coefficient (Wildman–Crippen LogP) is 6.47. The monoisotopic (exact) mass is 472 g/mol. The van der Waals surface area contributed by atoms with E-state index in [4.69, 9.17) is 0 Å². The summed E-state index contributed by atoms with van der Waals surface area (Å²) in [6.45, 7) is 3.19. The quantitative estimate of drug-likeness (QED) is 0.414. The van der Waals surface area contributed by atoms with Crippen LogP contribution in [-0.2, 0) is 11.3 Å². The van der Waals surface area contributed by atoms with E-state index in [1.165, 1.54) is 59.7 Å². The summed E-state index contributed by atoms with van der Waals surface area (Å²) in [5.41, 5.74) is 4.98. The molecular weight excluding hydrogens is 432 g/mol. The average molecular weight is 473 g/mol. The Balaban J connectivity index is 1.45. The first kappa shape index (κ1) is 24.1. The summed E-state index contributed by atoms with van der Waals surface area (Å²) < 4.78 is 2.46. The lowest BCUT2D eigenvalue weighted by Gasteiger charge is -2.27. The van der Waals surface area contributed by atoms with Crippen LogP contribution in [0.15, 0.2) is 54.7 Å². The molecule has 0 spiro atoms. The molecule has 2 aliphatic rings. The van der Waals surface area contributed by atoms with Crippen molar-refractivity contribution in [3.8, 4) is 0 Å². The van der Waals surface area contributed by atoms with Crippen molar-refractivity contribution >= 4 is 16.8 Å². The Bertz CT molecular complexity index is 1140. The second-order valence-corrected chi connectivity index (χ2v) is 11.0. The minimum absolute atomic E-state index is 0.0154. The van der Waals surface area contributed by atoms with E-state index in [-0.39, 0.29) is 24.0 Å². The summed E-state index contributed by atoms with van der Waals surface area (Å²) in [5.74, 6) is 0.873. The molecule has 1 amide bonds. The number of rotatable bonds is 7. The van der Waals surface area contributed by atoms with Crippen LogP contribution in [0.1, 0.15) is 86.8 Å². The Labute approximate surface area is 209 Å². The Hall–Kier alpha value is -2.59. The van der Waals surface area contributed by atoms with E-state index >= 15 is 0 Å². The standard InChI is InChI=1S/C31H40N2O2/c1-22-8-7-11-24(18-22)28(19-31(35)32-25-14-16-26(34)17-15-25)29-21-33(20-23-9-3-2-4-10-23)30-13-6-5-12-27(29)30/h5-8,11-13,18,21,23,25-26,28,34H,2-4,9-10,14-17,19-20H2,1H3,(H,32,35)/t25-,26-,28?. The molecule has 3 aromatic rings. The molecule has 0 bridgehead atoms. The molecule has 2 fully saturated rings. The summed E-state index contributed by atoms with van der Waals surface area (Å²) >= 11 is 0. The Morgan fingerprint density at radius 2 is 1.77 bits per heavy atom. The van der Waals surface area contributed by atoms with Crippen LogP contribution in [0.4, 0.5) is 0 Å². The van der Waals surface area contributed by atoms with Gasteiger partial charge in [-0.05, 0) is 68.6 Å². The lowest BCUT2D eigenvalue weighted by atomic mass is 9.86. The van der Waals surface area contributed by atoms with Crippen molar-refractivity contribution in [2.45, 2.75) is 95.7 Å². The summed E-state index contributed by atoms with van der Waals surface area (Å²) in [6, 6.07) is 17.5. The number of aliphatic hydroxyl groups is 1. The van der Waals surface area contributed by atoms with Crippen molar-refractivity contribution in [3.05, 3.63) is 71.4 Å². The number of fused-ring (bicyclic) bond motifs is 1. The number of para-hydroxylation sites is 1. The zero-order chi connectivity index (χ0) is 24.2. The summed E-state index contributed by atoms with van der Waals surface area (Å²) in [6.07, 6.45) is 12.6. The van der Waals surface area contributed by atoms with Gasteiger partial charge in [0.1, 0.15) is 0 Å². The minimum Gasteiger partial charge on any atom is -0.393 e. The molecule has 2 saturated carbocycles. The van der Waals surface area contributed by atoms with E-state index < -0.39 is 0 Å². The van der Waals surface area contributed by atoms with Crippen molar-refractivity contribution in [1.82, 2.24) is 9.88 Å². The van der Waals surface area contributed by atoms with E-state index in [2.05, 4.69) is 71.5 Å². The van der Waals surface area contributed by atoms with Gasteiger partial charge in [-0.2, -0.15) is 0 Å². The molecule has 4 heteroatoms. The largest absolute Gasteiger partial charge is 0.393 e. The highest BCUT2D eigenvalue weighted by atomic mass is 16.3. The first-order valence-electron chi connectivity index (χ1n) is 13.7. The van der Waals surface area contributed by atoms with Crippen molar-refractivity contribution in [2.75, 3.05) is 0 Å². The first-order valence-corrected chi connectivity index (χ1v) is 13.7. The number of hydrogen-bond donors (Lipinski definition) is 2. The fraction of sp³-hybridized carbons (Fsp3) is 0.516. The molecule has 1 unspecified atom stereocenters. The molecule has 0 saturated heterocycles. The fourth-order valence-corrected chi connectivity index (χ4v) is 6.34. The van der Waals surface area contributed by atoms with Gasteiger partial charge < -0.3 is 15.0 Å². The van der Waals surface area contributed by atoms with Crippen LogP contribution in [-0.4, -0.2) is 27.7 Å². The van der Waals surface area contributed by atoms with Gasteiger partial charge in [-0.25, -0.2) is 0 Å². The molecule has 0 aliphatic heterocycles. The molecule has 5 rings (SSSR count). The number of carbonyl (C=O) groups is 1. The van der Waals surface area contributed by atoms with E-state index in [1.54, 1.807) is 0 Å². The molecule has 1 heterocycles. The number of aryl methyl sites for hydroxylation is 1. The van der Waals surface area contributed by atoms with Gasteiger partial charge in [0, 0.05) is 42.0 Å². The zero-order valence-electron chi connectivity index (χ0n) is 21.1. The van der Waals surface area contributed by atoms with Crippen LogP contribution in [0.5, 0.6) is 0 Å². The van der Waals surface area contributed by atoms with Gasteiger partial charge in [-0.3, -0.25) is 4.79 Å². The highest BCUT2D eigenvalue weighted by molar-refractivity contribution is 5.86. The molecule has 35 heavy (non-hydrogen) atoms. The molecule has 0 radical (unpaired) electrons. The topological polar surface area (TPSA) is 54.3 Å². The third-order valence-corrected chi connectivity index (χ3v) is 8.27. The second kappa shape index (κ2) is 11.0. The smallest absolute Gasteiger partial charge is 0.221 e. The van der Waals surface area contributed by atoms with Crippen LogP contribution in [0.25, 0.3) is 10.9 Å². The normalized spacial score (nSPS) is 22.2. The number of carbonyl (C=O) groups excluding carboxylic acids is 1. The number of nitrogens with one attached hydrogen (secondary N) is 1. The molecule has 2 aliphatic carbocycles. The number of aliphatic hydroxyl groups excluding tert-OH is 1.